The molecule has 13 heavy (non-hydrogen) atoms. The van der Waals surface area contributed by atoms with Crippen LogP contribution in [0.5, 0.6) is 0 Å². The van der Waals surface area contributed by atoms with Gasteiger partial charge in [-0.15, -0.1) is 0 Å². The first-order valence-corrected chi connectivity index (χ1v) is 4.11. The van der Waals surface area contributed by atoms with E-state index in [1.165, 1.54) is 0 Å². The molecule has 2 aromatic rings. The van der Waals surface area contributed by atoms with Crippen LogP contribution in [0.4, 0.5) is 0 Å². The Kier molecular flexibility index (Phi) is 1.93. The van der Waals surface area contributed by atoms with Crippen molar-refractivity contribution in [2.75, 3.05) is 0 Å². The van der Waals surface area contributed by atoms with E-state index >= 15 is 0 Å². The van der Waals surface area contributed by atoms with Crippen molar-refractivity contribution in [3.05, 3.63) is 42.1 Å². The summed E-state index contributed by atoms with van der Waals surface area (Å²) in [5, 5.41) is 9.69. The van der Waals surface area contributed by atoms with Crippen LogP contribution in [-0.4, -0.2) is 4.98 Å². The van der Waals surface area contributed by atoms with E-state index in [4.69, 9.17) is 5.26 Å². The number of para-hydroxylation sites is 1. The number of rotatable bonds is 1. The Morgan fingerprint density at radius 1 is 1.23 bits per heavy atom. The molecule has 0 saturated carbocycles. The number of hydrogen-bond donors (Lipinski definition) is 0. The van der Waals surface area contributed by atoms with Crippen molar-refractivity contribution in [2.24, 2.45) is 0 Å². The molecule has 1 aromatic heterocycles. The van der Waals surface area contributed by atoms with Gasteiger partial charge in [0.05, 0.1) is 18.0 Å². The Labute approximate surface area is 76.5 Å². The van der Waals surface area contributed by atoms with Crippen molar-refractivity contribution in [1.82, 2.24) is 4.98 Å². The third-order valence-electron chi connectivity index (χ3n) is 1.99. The van der Waals surface area contributed by atoms with Crippen LogP contribution in [0.1, 0.15) is 5.56 Å². The Morgan fingerprint density at radius 2 is 2.08 bits per heavy atom. The van der Waals surface area contributed by atoms with Crippen molar-refractivity contribution in [2.45, 2.75) is 6.42 Å². The summed E-state index contributed by atoms with van der Waals surface area (Å²) in [7, 11) is 0. The predicted molar refractivity (Wildman–Crippen MR) is 51.1 cm³/mol. The lowest BCUT2D eigenvalue weighted by Crippen LogP contribution is -1.86. The third-order valence-corrected chi connectivity index (χ3v) is 1.99. The molecule has 0 saturated heterocycles. The molecule has 1 aromatic carbocycles. The van der Waals surface area contributed by atoms with Gasteiger partial charge in [0.2, 0.25) is 0 Å². The van der Waals surface area contributed by atoms with Crippen molar-refractivity contribution < 1.29 is 0 Å². The quantitative estimate of drug-likeness (QED) is 0.655. The largest absolute Gasteiger partial charge is 0.256 e. The number of benzene rings is 1. The van der Waals surface area contributed by atoms with Gasteiger partial charge in [0.25, 0.3) is 0 Å². The highest BCUT2D eigenvalue weighted by Crippen LogP contribution is 2.15. The van der Waals surface area contributed by atoms with Crippen LogP contribution < -0.4 is 0 Å². The van der Waals surface area contributed by atoms with Crippen LogP contribution >= 0.6 is 0 Å². The maximum atomic E-state index is 8.60. The number of nitriles is 1. The molecule has 2 heteroatoms. The number of aromatic nitrogens is 1. The van der Waals surface area contributed by atoms with Gasteiger partial charge in [-0.1, -0.05) is 24.3 Å². The van der Waals surface area contributed by atoms with Gasteiger partial charge in [-0.05, 0) is 11.6 Å². The zero-order valence-corrected chi connectivity index (χ0v) is 7.07. The second kappa shape index (κ2) is 3.24. The van der Waals surface area contributed by atoms with Gasteiger partial charge in [0.15, 0.2) is 0 Å². The van der Waals surface area contributed by atoms with Gasteiger partial charge in [-0.3, -0.25) is 4.98 Å². The highest BCUT2D eigenvalue weighted by Gasteiger charge is 1.99. The molecule has 0 unspecified atom stereocenters. The minimum absolute atomic E-state index is 0.425. The third kappa shape index (κ3) is 1.36. The zero-order valence-electron chi connectivity index (χ0n) is 7.07. The summed E-state index contributed by atoms with van der Waals surface area (Å²) in [6.07, 6.45) is 2.18. The fourth-order valence-electron chi connectivity index (χ4n) is 1.40. The molecule has 0 aliphatic carbocycles. The second-order valence-electron chi connectivity index (χ2n) is 2.83. The summed E-state index contributed by atoms with van der Waals surface area (Å²) >= 11 is 0. The van der Waals surface area contributed by atoms with Crippen molar-refractivity contribution in [3.63, 3.8) is 0 Å². The summed E-state index contributed by atoms with van der Waals surface area (Å²) in [4.78, 5) is 4.25. The van der Waals surface area contributed by atoms with Gasteiger partial charge in [-0.25, -0.2) is 0 Å². The number of hydrogen-bond acceptors (Lipinski definition) is 2. The maximum absolute atomic E-state index is 8.60. The van der Waals surface area contributed by atoms with E-state index in [9.17, 15) is 0 Å². The molecule has 0 bridgehead atoms. The topological polar surface area (TPSA) is 36.7 Å². The summed E-state index contributed by atoms with van der Waals surface area (Å²) in [5.74, 6) is 0. The van der Waals surface area contributed by atoms with E-state index in [0.717, 1.165) is 16.5 Å². The van der Waals surface area contributed by atoms with Gasteiger partial charge in [0.1, 0.15) is 0 Å². The Bertz CT molecular complexity index is 463. The molecule has 0 aliphatic rings. The Morgan fingerprint density at radius 3 is 2.92 bits per heavy atom. The molecule has 2 nitrogen and oxygen atoms in total. The van der Waals surface area contributed by atoms with Crippen LogP contribution in [0.2, 0.25) is 0 Å². The van der Waals surface area contributed by atoms with E-state index in [-0.39, 0.29) is 0 Å². The van der Waals surface area contributed by atoms with Crippen molar-refractivity contribution >= 4 is 10.9 Å². The first kappa shape index (κ1) is 7.75. The van der Waals surface area contributed by atoms with Crippen LogP contribution in [0, 0.1) is 11.3 Å². The highest BCUT2D eigenvalue weighted by atomic mass is 14.6. The predicted octanol–water partition coefficient (Wildman–Crippen LogP) is 2.30. The number of nitrogens with zero attached hydrogens (tertiary/aromatic N) is 2. The van der Waals surface area contributed by atoms with Crippen molar-refractivity contribution in [3.8, 4) is 6.07 Å². The van der Waals surface area contributed by atoms with Crippen LogP contribution in [0.3, 0.4) is 0 Å². The lowest BCUT2D eigenvalue weighted by molar-refractivity contribution is 1.26. The monoisotopic (exact) mass is 168 g/mol. The molecule has 62 valence electrons. The summed E-state index contributed by atoms with van der Waals surface area (Å²) < 4.78 is 0. The molecule has 0 radical (unpaired) electrons. The smallest absolute Gasteiger partial charge is 0.0744 e. The average molecular weight is 168 g/mol. The van der Waals surface area contributed by atoms with E-state index in [2.05, 4.69) is 11.1 Å². The first-order chi connectivity index (χ1) is 6.42. The normalized spacial score (nSPS) is 9.77. The zero-order chi connectivity index (χ0) is 9.10. The summed E-state index contributed by atoms with van der Waals surface area (Å²) in [6.45, 7) is 0. The highest BCUT2D eigenvalue weighted by molar-refractivity contribution is 5.81. The molecule has 1 heterocycles. The minimum Gasteiger partial charge on any atom is -0.256 e. The maximum Gasteiger partial charge on any atom is 0.0744 e. The standard InChI is InChI=1S/C11H8N2/c12-7-6-10-4-1-3-9-5-2-8-13-11(9)10/h1-5,8H,6H2. The molecule has 0 aliphatic heterocycles. The molecule has 0 amide bonds. The van der Waals surface area contributed by atoms with Crippen LogP contribution in [-0.2, 0) is 6.42 Å². The van der Waals surface area contributed by atoms with E-state index in [1.807, 2.05) is 30.3 Å². The Hall–Kier alpha value is -1.88. The first-order valence-electron chi connectivity index (χ1n) is 4.11. The number of pyridine rings is 1. The molecular weight excluding hydrogens is 160 g/mol. The van der Waals surface area contributed by atoms with E-state index in [1.54, 1.807) is 6.20 Å². The average Bonchev–Trinajstić information content (AvgIpc) is 2.19. The summed E-state index contributed by atoms with van der Waals surface area (Å²) in [5.41, 5.74) is 1.94. The van der Waals surface area contributed by atoms with Crippen molar-refractivity contribution in [1.29, 1.82) is 5.26 Å². The second-order valence-corrected chi connectivity index (χ2v) is 2.83. The van der Waals surface area contributed by atoms with Gasteiger partial charge in [-0.2, -0.15) is 5.26 Å². The van der Waals surface area contributed by atoms with Gasteiger partial charge < -0.3 is 0 Å². The Balaban J connectivity index is 2.70. The lowest BCUT2D eigenvalue weighted by atomic mass is 10.1. The van der Waals surface area contributed by atoms with Crippen LogP contribution in [0.25, 0.3) is 10.9 Å². The molecule has 0 fully saturated rings. The van der Waals surface area contributed by atoms with Gasteiger partial charge in [0, 0.05) is 11.6 Å². The van der Waals surface area contributed by atoms with Crippen LogP contribution in [0.15, 0.2) is 36.5 Å². The van der Waals surface area contributed by atoms with E-state index < -0.39 is 0 Å². The van der Waals surface area contributed by atoms with Gasteiger partial charge >= 0.3 is 0 Å². The lowest BCUT2D eigenvalue weighted by Gasteiger charge is -2.00. The fraction of sp³-hybridized carbons (Fsp3) is 0.0909. The molecule has 0 spiro atoms. The molecule has 0 N–H and O–H groups in total. The molecule has 2 rings (SSSR count). The molecular formula is C11H8N2. The number of fused-ring (bicyclic) bond motifs is 1. The SMILES string of the molecule is N#CCc1cccc2cccnc12. The fourth-order valence-corrected chi connectivity index (χ4v) is 1.40. The summed E-state index contributed by atoms with van der Waals surface area (Å²) in [6, 6.07) is 11.9. The van der Waals surface area contributed by atoms with E-state index in [0.29, 0.717) is 6.42 Å². The minimum atomic E-state index is 0.425. The molecule has 0 atom stereocenters.